The second-order valence-corrected chi connectivity index (χ2v) is 7.86. The van der Waals surface area contributed by atoms with Gasteiger partial charge in [-0.15, -0.1) is 0 Å². The Hall–Kier alpha value is -3.71. The summed E-state index contributed by atoms with van der Waals surface area (Å²) in [6.45, 7) is 5.34. The monoisotopic (exact) mass is 431 g/mol. The second-order valence-electron chi connectivity index (χ2n) is 7.86. The van der Waals surface area contributed by atoms with Gasteiger partial charge in [0.15, 0.2) is 0 Å². The van der Waals surface area contributed by atoms with Gasteiger partial charge < -0.3 is 14.5 Å². The molecule has 0 bridgehead atoms. The van der Waals surface area contributed by atoms with Crippen LogP contribution >= 0.6 is 0 Å². The molecule has 0 spiro atoms. The first-order valence-electron chi connectivity index (χ1n) is 10.7. The summed E-state index contributed by atoms with van der Waals surface area (Å²) in [7, 11) is 1.54. The minimum atomic E-state index is -0.424. The Kier molecular flexibility index (Phi) is 6.77. The van der Waals surface area contributed by atoms with Gasteiger partial charge in [-0.3, -0.25) is 15.1 Å². The normalized spacial score (nSPS) is 14.6. The van der Waals surface area contributed by atoms with Crippen molar-refractivity contribution in [2.45, 2.75) is 6.54 Å². The Morgan fingerprint density at radius 3 is 2.44 bits per heavy atom. The molecule has 0 radical (unpaired) electrons. The van der Waals surface area contributed by atoms with E-state index >= 15 is 0 Å². The van der Waals surface area contributed by atoms with Crippen LogP contribution in [-0.2, 0) is 6.54 Å². The summed E-state index contributed by atoms with van der Waals surface area (Å²) in [6, 6.07) is 23.2. The molecule has 164 valence electrons. The lowest BCUT2D eigenvalue weighted by molar-refractivity contribution is -0.914. The topological polar surface area (TPSA) is 72.4 Å². The SMILES string of the molecule is COc1ccc([N+](=O)[O-])cc1C=Nc1ccc(N2CC[NH+](Cc3ccccc3)CC2)cc1. The van der Waals surface area contributed by atoms with Crippen molar-refractivity contribution in [2.75, 3.05) is 38.2 Å². The fraction of sp³-hybridized carbons (Fsp3) is 0.240. The third-order valence-corrected chi connectivity index (χ3v) is 5.76. The van der Waals surface area contributed by atoms with Gasteiger partial charge in [-0.1, -0.05) is 30.3 Å². The molecule has 32 heavy (non-hydrogen) atoms. The maximum atomic E-state index is 11.0. The van der Waals surface area contributed by atoms with Crippen LogP contribution in [0.1, 0.15) is 11.1 Å². The van der Waals surface area contributed by atoms with Crippen LogP contribution in [0.4, 0.5) is 17.1 Å². The number of rotatable bonds is 7. The molecular formula is C25H27N4O3+. The Labute approximate surface area is 187 Å². The number of methoxy groups -OCH3 is 1. The molecule has 0 unspecified atom stereocenters. The predicted molar refractivity (Wildman–Crippen MR) is 126 cm³/mol. The van der Waals surface area contributed by atoms with Gasteiger partial charge in [-0.05, 0) is 30.3 Å². The van der Waals surface area contributed by atoms with Crippen LogP contribution < -0.4 is 14.5 Å². The number of benzene rings is 3. The number of hydrogen-bond donors (Lipinski definition) is 1. The van der Waals surface area contributed by atoms with Crippen LogP contribution in [0.5, 0.6) is 5.75 Å². The third kappa shape index (κ3) is 5.31. The summed E-state index contributed by atoms with van der Waals surface area (Å²) in [5, 5.41) is 11.0. The maximum Gasteiger partial charge on any atom is 0.270 e. The zero-order chi connectivity index (χ0) is 22.3. The summed E-state index contributed by atoms with van der Waals surface area (Å²) in [4.78, 5) is 19.1. The van der Waals surface area contributed by atoms with E-state index in [0.717, 1.165) is 38.4 Å². The molecule has 0 atom stereocenters. The highest BCUT2D eigenvalue weighted by Gasteiger charge is 2.20. The van der Waals surface area contributed by atoms with Crippen LogP contribution in [0.3, 0.4) is 0 Å². The van der Waals surface area contributed by atoms with Crippen molar-refractivity contribution in [1.82, 2.24) is 0 Å². The summed E-state index contributed by atoms with van der Waals surface area (Å²) >= 11 is 0. The quantitative estimate of drug-likeness (QED) is 0.354. The molecule has 0 aromatic heterocycles. The number of anilines is 1. The maximum absolute atomic E-state index is 11.0. The predicted octanol–water partition coefficient (Wildman–Crippen LogP) is 3.26. The first kappa shape index (κ1) is 21.5. The molecular weight excluding hydrogens is 404 g/mol. The molecule has 1 aliphatic heterocycles. The zero-order valence-electron chi connectivity index (χ0n) is 18.1. The zero-order valence-corrected chi connectivity index (χ0v) is 18.1. The minimum Gasteiger partial charge on any atom is -0.496 e. The lowest BCUT2D eigenvalue weighted by Crippen LogP contribution is -3.13. The van der Waals surface area contributed by atoms with Crippen molar-refractivity contribution >= 4 is 23.3 Å². The second kappa shape index (κ2) is 10.1. The van der Waals surface area contributed by atoms with E-state index in [2.05, 4.69) is 52.4 Å². The number of hydrogen-bond acceptors (Lipinski definition) is 5. The molecule has 1 N–H and O–H groups in total. The molecule has 1 fully saturated rings. The van der Waals surface area contributed by atoms with Gasteiger partial charge in [0.05, 0.1) is 43.9 Å². The van der Waals surface area contributed by atoms with E-state index in [1.54, 1.807) is 17.2 Å². The van der Waals surface area contributed by atoms with Gasteiger partial charge in [0, 0.05) is 35.2 Å². The highest BCUT2D eigenvalue weighted by Crippen LogP contribution is 2.24. The van der Waals surface area contributed by atoms with E-state index in [1.165, 1.54) is 30.5 Å². The average Bonchev–Trinajstić information content (AvgIpc) is 2.84. The van der Waals surface area contributed by atoms with Crippen molar-refractivity contribution in [3.63, 3.8) is 0 Å². The van der Waals surface area contributed by atoms with Gasteiger partial charge in [0.1, 0.15) is 12.3 Å². The number of quaternary nitrogens is 1. The Morgan fingerprint density at radius 2 is 1.78 bits per heavy atom. The van der Waals surface area contributed by atoms with Crippen molar-refractivity contribution in [3.05, 3.63) is 94.0 Å². The molecule has 1 heterocycles. The molecule has 4 rings (SSSR count). The summed E-state index contributed by atoms with van der Waals surface area (Å²) in [5.74, 6) is 0.548. The van der Waals surface area contributed by atoms with E-state index in [1.807, 2.05) is 12.1 Å². The number of ether oxygens (including phenoxy) is 1. The summed E-state index contributed by atoms with van der Waals surface area (Å²) in [5.41, 5.74) is 3.95. The molecule has 7 nitrogen and oxygen atoms in total. The number of nitrogens with one attached hydrogen (secondary N) is 1. The third-order valence-electron chi connectivity index (χ3n) is 5.76. The van der Waals surface area contributed by atoms with Crippen LogP contribution in [0, 0.1) is 10.1 Å². The molecule has 3 aromatic rings. The van der Waals surface area contributed by atoms with E-state index < -0.39 is 4.92 Å². The van der Waals surface area contributed by atoms with Gasteiger partial charge in [-0.2, -0.15) is 0 Å². The molecule has 1 saturated heterocycles. The molecule has 1 aliphatic rings. The van der Waals surface area contributed by atoms with Crippen molar-refractivity contribution in [2.24, 2.45) is 4.99 Å². The fourth-order valence-electron chi connectivity index (χ4n) is 3.97. The Balaban J connectivity index is 1.37. The number of nitro benzene ring substituents is 1. The fourth-order valence-corrected chi connectivity index (χ4v) is 3.97. The number of piperazine rings is 1. The average molecular weight is 432 g/mol. The summed E-state index contributed by atoms with van der Waals surface area (Å²) in [6.07, 6.45) is 1.60. The number of nitrogens with zero attached hydrogens (tertiary/aromatic N) is 3. The largest absolute Gasteiger partial charge is 0.496 e. The minimum absolute atomic E-state index is 0.0103. The van der Waals surface area contributed by atoms with Crippen LogP contribution in [0.2, 0.25) is 0 Å². The number of nitro groups is 1. The van der Waals surface area contributed by atoms with Gasteiger partial charge in [0.25, 0.3) is 5.69 Å². The first-order chi connectivity index (χ1) is 15.6. The smallest absolute Gasteiger partial charge is 0.270 e. The molecule has 0 amide bonds. The number of non-ortho nitro benzene ring substituents is 1. The van der Waals surface area contributed by atoms with Crippen LogP contribution in [0.15, 0.2) is 77.8 Å². The van der Waals surface area contributed by atoms with Crippen molar-refractivity contribution in [3.8, 4) is 5.75 Å². The first-order valence-corrected chi connectivity index (χ1v) is 10.7. The van der Waals surface area contributed by atoms with E-state index in [0.29, 0.717) is 11.3 Å². The van der Waals surface area contributed by atoms with Gasteiger partial charge in [0.2, 0.25) is 0 Å². The standard InChI is InChI=1S/C25H26N4O3/c1-32-25-12-11-24(29(30)31)17-21(25)18-26-22-7-9-23(10-8-22)28-15-13-27(14-16-28)19-20-5-3-2-4-6-20/h2-12,17-18H,13-16,19H2,1H3/p+1. The van der Waals surface area contributed by atoms with E-state index in [4.69, 9.17) is 4.74 Å². The van der Waals surface area contributed by atoms with Crippen LogP contribution in [-0.4, -0.2) is 44.4 Å². The Morgan fingerprint density at radius 1 is 1.06 bits per heavy atom. The molecule has 0 saturated carbocycles. The van der Waals surface area contributed by atoms with Crippen LogP contribution in [0.25, 0.3) is 0 Å². The molecule has 3 aromatic carbocycles. The molecule has 0 aliphatic carbocycles. The van der Waals surface area contributed by atoms with Crippen molar-refractivity contribution in [1.29, 1.82) is 0 Å². The lowest BCUT2D eigenvalue weighted by atomic mass is 10.2. The molecule has 7 heteroatoms. The number of aliphatic imine (C=N–C) groups is 1. The van der Waals surface area contributed by atoms with E-state index in [9.17, 15) is 10.1 Å². The van der Waals surface area contributed by atoms with Crippen molar-refractivity contribution < 1.29 is 14.6 Å². The lowest BCUT2D eigenvalue weighted by Gasteiger charge is -2.33. The highest BCUT2D eigenvalue weighted by molar-refractivity contribution is 5.86. The Bertz CT molecular complexity index is 1080. The summed E-state index contributed by atoms with van der Waals surface area (Å²) < 4.78 is 5.29. The van der Waals surface area contributed by atoms with E-state index in [-0.39, 0.29) is 5.69 Å². The highest BCUT2D eigenvalue weighted by atomic mass is 16.6. The van der Waals surface area contributed by atoms with Gasteiger partial charge >= 0.3 is 0 Å². The van der Waals surface area contributed by atoms with Gasteiger partial charge in [-0.25, -0.2) is 0 Å².